The molecule has 10 nitrogen and oxygen atoms in total. The van der Waals surface area contributed by atoms with Crippen LogP contribution in [-0.2, 0) is 9.59 Å². The summed E-state index contributed by atoms with van der Waals surface area (Å²) in [6.07, 6.45) is 7.99. The Balaban J connectivity index is 1.49. The van der Waals surface area contributed by atoms with Gasteiger partial charge in [-0.15, -0.1) is 0 Å². The molecule has 2 aliphatic rings. The summed E-state index contributed by atoms with van der Waals surface area (Å²) in [6, 6.07) is 7.52. The molecule has 1 unspecified atom stereocenters. The van der Waals surface area contributed by atoms with Gasteiger partial charge in [0.25, 0.3) is 0 Å². The Morgan fingerprint density at radius 3 is 2.08 bits per heavy atom. The maximum atomic E-state index is 12.9. The highest BCUT2D eigenvalue weighted by Crippen LogP contribution is 2.25. The van der Waals surface area contributed by atoms with Gasteiger partial charge in [0.15, 0.2) is 0 Å². The molecule has 38 heavy (non-hydrogen) atoms. The minimum Gasteiger partial charge on any atom is -0.340 e. The van der Waals surface area contributed by atoms with Crippen molar-refractivity contribution in [2.24, 2.45) is 0 Å². The lowest BCUT2D eigenvalue weighted by atomic mass is 10.1. The van der Waals surface area contributed by atoms with Crippen molar-refractivity contribution in [3.05, 3.63) is 24.3 Å². The zero-order chi connectivity index (χ0) is 27.5. The number of nitrogens with one attached hydrogen (secondary N) is 2. The van der Waals surface area contributed by atoms with Crippen molar-refractivity contribution in [3.63, 3.8) is 0 Å². The van der Waals surface area contributed by atoms with Gasteiger partial charge in [-0.25, -0.2) is 9.59 Å². The lowest BCUT2D eigenvalue weighted by Crippen LogP contribution is -2.40. The number of likely N-dealkylation sites (tertiary alicyclic amines) is 2. The molecule has 0 spiro atoms. The molecule has 210 valence electrons. The highest BCUT2D eigenvalue weighted by atomic mass is 16.2. The SMILES string of the molecule is CCN(CC[C@H]1CCC(C)N1C=O)C(=O)Nc1ccc(NC(=O)N(CCC=O)CC[C@H]2CCCN2C)cc1. The van der Waals surface area contributed by atoms with Gasteiger partial charge in [-0.2, -0.15) is 0 Å². The Labute approximate surface area is 226 Å². The number of rotatable bonds is 13. The second kappa shape index (κ2) is 14.7. The predicted molar refractivity (Wildman–Crippen MR) is 149 cm³/mol. The first-order valence-electron chi connectivity index (χ1n) is 13.9. The lowest BCUT2D eigenvalue weighted by Gasteiger charge is -2.27. The first kappa shape index (κ1) is 29.4. The highest BCUT2D eigenvalue weighted by Gasteiger charge is 2.29. The second-order valence-corrected chi connectivity index (χ2v) is 10.4. The van der Waals surface area contributed by atoms with Crippen molar-refractivity contribution in [2.45, 2.75) is 76.9 Å². The molecule has 10 heteroatoms. The average Bonchev–Trinajstić information content (AvgIpc) is 3.49. The maximum Gasteiger partial charge on any atom is 0.321 e. The van der Waals surface area contributed by atoms with Crippen molar-refractivity contribution in [3.8, 4) is 0 Å². The molecule has 0 aromatic heterocycles. The molecule has 0 aliphatic carbocycles. The number of benzene rings is 1. The van der Waals surface area contributed by atoms with E-state index < -0.39 is 0 Å². The van der Waals surface area contributed by atoms with Gasteiger partial charge in [0.2, 0.25) is 6.41 Å². The monoisotopic (exact) mass is 528 g/mol. The van der Waals surface area contributed by atoms with Crippen LogP contribution < -0.4 is 10.6 Å². The van der Waals surface area contributed by atoms with E-state index in [9.17, 15) is 19.2 Å². The molecule has 1 aromatic rings. The summed E-state index contributed by atoms with van der Waals surface area (Å²) >= 11 is 0. The van der Waals surface area contributed by atoms with Gasteiger partial charge < -0.3 is 35.0 Å². The first-order valence-corrected chi connectivity index (χ1v) is 13.9. The third-order valence-corrected chi connectivity index (χ3v) is 7.97. The van der Waals surface area contributed by atoms with Crippen LogP contribution in [0.5, 0.6) is 0 Å². The van der Waals surface area contributed by atoms with Crippen LogP contribution in [0.4, 0.5) is 21.0 Å². The number of nitrogens with zero attached hydrogens (tertiary/aromatic N) is 4. The standard InChI is InChI=1S/C28H44N6O4/c1-4-32(18-15-26-13-8-22(2)34(26)21-36)27(37)29-23-9-11-24(12-10-23)30-28(38)33(17-6-20-35)19-14-25-7-5-16-31(25)3/h9-12,20-22,25-26H,4-8,13-19H2,1-3H3,(H,29,37)(H,30,38)/t22?,25-,26-/m1/s1. The molecular weight excluding hydrogens is 484 g/mol. The number of anilines is 2. The topological polar surface area (TPSA) is 105 Å². The van der Waals surface area contributed by atoms with Crippen LogP contribution in [0.1, 0.15) is 58.8 Å². The second-order valence-electron chi connectivity index (χ2n) is 10.4. The number of carbonyl (C=O) groups is 4. The fourth-order valence-electron chi connectivity index (χ4n) is 5.50. The molecule has 3 atom stereocenters. The molecule has 0 bridgehead atoms. The van der Waals surface area contributed by atoms with Crippen LogP contribution in [-0.4, -0.2) is 102 Å². The largest absolute Gasteiger partial charge is 0.340 e. The molecule has 2 aliphatic heterocycles. The Kier molecular flexibility index (Phi) is 11.4. The zero-order valence-corrected chi connectivity index (χ0v) is 23.1. The average molecular weight is 529 g/mol. The fraction of sp³-hybridized carbons (Fsp3) is 0.643. The summed E-state index contributed by atoms with van der Waals surface area (Å²) in [5, 5.41) is 5.84. The lowest BCUT2D eigenvalue weighted by molar-refractivity contribution is -0.120. The summed E-state index contributed by atoms with van der Waals surface area (Å²) in [6.45, 7) is 7.21. The van der Waals surface area contributed by atoms with Gasteiger partial charge in [-0.3, -0.25) is 4.79 Å². The maximum absolute atomic E-state index is 12.9. The molecule has 1 aromatic carbocycles. The molecule has 5 amide bonds. The van der Waals surface area contributed by atoms with Crippen LogP contribution in [0.25, 0.3) is 0 Å². The van der Waals surface area contributed by atoms with Gasteiger partial charge >= 0.3 is 12.1 Å². The van der Waals surface area contributed by atoms with Gasteiger partial charge in [0.05, 0.1) is 0 Å². The van der Waals surface area contributed by atoms with Crippen LogP contribution >= 0.6 is 0 Å². The van der Waals surface area contributed by atoms with Crippen LogP contribution in [0.2, 0.25) is 0 Å². The number of hydrogen-bond donors (Lipinski definition) is 2. The van der Waals surface area contributed by atoms with Crippen molar-refractivity contribution < 1.29 is 19.2 Å². The van der Waals surface area contributed by atoms with E-state index in [-0.39, 0.29) is 24.1 Å². The summed E-state index contributed by atoms with van der Waals surface area (Å²) in [4.78, 5) is 55.7. The highest BCUT2D eigenvalue weighted by molar-refractivity contribution is 5.91. The third-order valence-electron chi connectivity index (χ3n) is 7.97. The number of hydrogen-bond acceptors (Lipinski definition) is 5. The van der Waals surface area contributed by atoms with Crippen LogP contribution in [0.3, 0.4) is 0 Å². The van der Waals surface area contributed by atoms with Crippen molar-refractivity contribution >= 4 is 36.1 Å². The van der Waals surface area contributed by atoms with E-state index in [4.69, 9.17) is 0 Å². The summed E-state index contributed by atoms with van der Waals surface area (Å²) in [7, 11) is 2.12. The fourth-order valence-corrected chi connectivity index (χ4v) is 5.50. The van der Waals surface area contributed by atoms with Gasteiger partial charge in [-0.1, -0.05) is 0 Å². The molecule has 0 radical (unpaired) electrons. The van der Waals surface area contributed by atoms with E-state index in [1.165, 1.54) is 6.42 Å². The number of carbonyl (C=O) groups excluding carboxylic acids is 4. The molecule has 2 heterocycles. The molecule has 2 saturated heterocycles. The smallest absolute Gasteiger partial charge is 0.321 e. The van der Waals surface area contributed by atoms with E-state index in [1.54, 1.807) is 34.1 Å². The van der Waals surface area contributed by atoms with Gasteiger partial charge in [0.1, 0.15) is 6.29 Å². The Hall–Kier alpha value is -3.14. The zero-order valence-electron chi connectivity index (χ0n) is 23.1. The Morgan fingerprint density at radius 2 is 1.53 bits per heavy atom. The number of urea groups is 2. The Morgan fingerprint density at radius 1 is 0.921 bits per heavy atom. The Bertz CT molecular complexity index is 926. The molecule has 0 saturated carbocycles. The van der Waals surface area contributed by atoms with E-state index in [0.29, 0.717) is 50.0 Å². The normalized spacial score (nSPS) is 21.2. The van der Waals surface area contributed by atoms with Gasteiger partial charge in [-0.05, 0) is 90.2 Å². The van der Waals surface area contributed by atoms with Crippen molar-refractivity contribution in [1.29, 1.82) is 0 Å². The molecule has 2 N–H and O–H groups in total. The van der Waals surface area contributed by atoms with Crippen molar-refractivity contribution in [1.82, 2.24) is 19.6 Å². The summed E-state index contributed by atoms with van der Waals surface area (Å²) in [5.41, 5.74) is 1.26. The molecule has 2 fully saturated rings. The minimum atomic E-state index is -0.230. The van der Waals surface area contributed by atoms with E-state index in [1.807, 2.05) is 11.8 Å². The van der Waals surface area contributed by atoms with Gasteiger partial charge in [0, 0.05) is 62.1 Å². The number of amides is 5. The first-order chi connectivity index (χ1) is 18.4. The van der Waals surface area contributed by atoms with Crippen LogP contribution in [0.15, 0.2) is 24.3 Å². The summed E-state index contributed by atoms with van der Waals surface area (Å²) in [5.74, 6) is 0. The van der Waals surface area contributed by atoms with Crippen molar-refractivity contribution in [2.75, 3.05) is 50.4 Å². The quantitative estimate of drug-likeness (QED) is 0.379. The van der Waals surface area contributed by atoms with E-state index in [0.717, 1.165) is 51.3 Å². The number of aldehydes is 1. The third kappa shape index (κ3) is 8.18. The van der Waals surface area contributed by atoms with Crippen LogP contribution in [0, 0.1) is 0 Å². The van der Waals surface area contributed by atoms with E-state index in [2.05, 4.69) is 29.5 Å². The summed E-state index contributed by atoms with van der Waals surface area (Å²) < 4.78 is 0. The van der Waals surface area contributed by atoms with E-state index >= 15 is 0 Å². The predicted octanol–water partition coefficient (Wildman–Crippen LogP) is 3.85. The molecular formula is C28H44N6O4. The minimum absolute atomic E-state index is 0.178. The molecule has 3 rings (SSSR count).